The fourth-order valence-corrected chi connectivity index (χ4v) is 1.56. The number of carboxylic acid groups (broad SMARTS) is 1. The smallest absolute Gasteiger partial charge is 0.326 e. The number of carboxylic acids is 1. The number of aromatic nitrogens is 3. The standard InChI is InChI=1S/C12H11FN4O3/c13-7-1-2-9(15-4-7)11(18)17-10(12(19)20)3-8-5-14-6-16-8/h1-2,4-6,10H,3H2,(H,14,16)(H,17,18)(H,19,20)/t10-/m0/s1. The van der Waals surface area contributed by atoms with Gasteiger partial charge in [0.15, 0.2) is 0 Å². The molecule has 0 radical (unpaired) electrons. The summed E-state index contributed by atoms with van der Waals surface area (Å²) >= 11 is 0. The van der Waals surface area contributed by atoms with E-state index >= 15 is 0 Å². The Hall–Kier alpha value is -2.77. The number of carbonyl (C=O) groups excluding carboxylic acids is 1. The Kier molecular flexibility index (Phi) is 4.04. The highest BCUT2D eigenvalue weighted by Gasteiger charge is 2.22. The van der Waals surface area contributed by atoms with Crippen LogP contribution in [-0.4, -0.2) is 38.0 Å². The monoisotopic (exact) mass is 278 g/mol. The topological polar surface area (TPSA) is 108 Å². The maximum atomic E-state index is 12.7. The van der Waals surface area contributed by atoms with Gasteiger partial charge in [0.05, 0.1) is 12.5 Å². The fraction of sp³-hybridized carbons (Fsp3) is 0.167. The summed E-state index contributed by atoms with van der Waals surface area (Å²) in [4.78, 5) is 33.0. The molecule has 2 aromatic rings. The van der Waals surface area contributed by atoms with Crippen LogP contribution in [0.3, 0.4) is 0 Å². The van der Waals surface area contributed by atoms with Crippen LogP contribution in [0.5, 0.6) is 0 Å². The van der Waals surface area contributed by atoms with E-state index in [1.807, 2.05) is 0 Å². The number of H-pyrrole nitrogens is 1. The van der Waals surface area contributed by atoms with E-state index in [0.29, 0.717) is 5.69 Å². The van der Waals surface area contributed by atoms with Gasteiger partial charge in [0.25, 0.3) is 5.91 Å². The summed E-state index contributed by atoms with van der Waals surface area (Å²) in [5.74, 6) is -2.44. The van der Waals surface area contributed by atoms with Crippen molar-refractivity contribution >= 4 is 11.9 Å². The fourth-order valence-electron chi connectivity index (χ4n) is 1.56. The largest absolute Gasteiger partial charge is 0.480 e. The third kappa shape index (κ3) is 3.37. The Balaban J connectivity index is 2.06. The molecule has 1 amide bonds. The summed E-state index contributed by atoms with van der Waals surface area (Å²) in [6.07, 6.45) is 3.83. The van der Waals surface area contributed by atoms with Crippen LogP contribution in [0.1, 0.15) is 16.2 Å². The van der Waals surface area contributed by atoms with E-state index in [-0.39, 0.29) is 12.1 Å². The van der Waals surface area contributed by atoms with Crippen molar-refractivity contribution in [3.8, 4) is 0 Å². The maximum absolute atomic E-state index is 12.7. The molecule has 0 unspecified atom stereocenters. The number of halogens is 1. The Morgan fingerprint density at radius 3 is 2.75 bits per heavy atom. The van der Waals surface area contributed by atoms with Crippen molar-refractivity contribution in [1.29, 1.82) is 0 Å². The molecule has 0 aliphatic heterocycles. The number of carbonyl (C=O) groups is 2. The molecule has 8 heteroatoms. The molecule has 0 saturated carbocycles. The number of rotatable bonds is 5. The predicted octanol–water partition coefficient (Wildman–Crippen LogP) is 0.369. The van der Waals surface area contributed by atoms with Crippen molar-refractivity contribution in [2.75, 3.05) is 0 Å². The lowest BCUT2D eigenvalue weighted by Crippen LogP contribution is -2.42. The third-order valence-electron chi connectivity index (χ3n) is 2.54. The first-order valence-corrected chi connectivity index (χ1v) is 5.68. The molecule has 0 spiro atoms. The quantitative estimate of drug-likeness (QED) is 0.732. The molecule has 0 saturated heterocycles. The first-order valence-electron chi connectivity index (χ1n) is 5.68. The van der Waals surface area contributed by atoms with E-state index in [9.17, 15) is 14.0 Å². The molecule has 0 fully saturated rings. The summed E-state index contributed by atoms with van der Waals surface area (Å²) in [5, 5.41) is 11.4. The minimum absolute atomic E-state index is 0.0535. The highest BCUT2D eigenvalue weighted by molar-refractivity contribution is 5.94. The number of aliphatic carboxylic acids is 1. The molecule has 2 heterocycles. The number of amides is 1. The number of imidazole rings is 1. The minimum Gasteiger partial charge on any atom is -0.480 e. The second-order valence-corrected chi connectivity index (χ2v) is 4.01. The van der Waals surface area contributed by atoms with Gasteiger partial charge >= 0.3 is 5.97 Å². The molecule has 104 valence electrons. The zero-order chi connectivity index (χ0) is 14.5. The van der Waals surface area contributed by atoms with Crippen LogP contribution in [0.2, 0.25) is 0 Å². The summed E-state index contributed by atoms with van der Waals surface area (Å²) in [5.41, 5.74) is 0.520. The van der Waals surface area contributed by atoms with Crippen molar-refractivity contribution < 1.29 is 19.1 Å². The SMILES string of the molecule is O=C(N[C@@H](Cc1cnc[nH]1)C(=O)O)c1ccc(F)cn1. The maximum Gasteiger partial charge on any atom is 0.326 e. The molecular weight excluding hydrogens is 267 g/mol. The molecule has 1 atom stereocenters. The van der Waals surface area contributed by atoms with Gasteiger partial charge in [-0.15, -0.1) is 0 Å². The molecule has 2 rings (SSSR count). The van der Waals surface area contributed by atoms with E-state index in [4.69, 9.17) is 5.11 Å². The lowest BCUT2D eigenvalue weighted by molar-refractivity contribution is -0.139. The summed E-state index contributed by atoms with van der Waals surface area (Å²) in [7, 11) is 0. The van der Waals surface area contributed by atoms with E-state index in [1.165, 1.54) is 18.6 Å². The molecule has 0 aliphatic carbocycles. The number of nitrogens with one attached hydrogen (secondary N) is 2. The number of nitrogens with zero attached hydrogens (tertiary/aromatic N) is 2. The average Bonchev–Trinajstić information content (AvgIpc) is 2.91. The Labute approximate surface area is 112 Å². The minimum atomic E-state index is -1.19. The highest BCUT2D eigenvalue weighted by Crippen LogP contribution is 2.02. The van der Waals surface area contributed by atoms with Crippen LogP contribution in [0, 0.1) is 5.82 Å². The first-order chi connectivity index (χ1) is 9.56. The number of pyridine rings is 1. The van der Waals surface area contributed by atoms with Crippen LogP contribution in [-0.2, 0) is 11.2 Å². The van der Waals surface area contributed by atoms with Gasteiger partial charge in [0, 0.05) is 18.3 Å². The van der Waals surface area contributed by atoms with E-state index in [0.717, 1.165) is 12.3 Å². The Morgan fingerprint density at radius 2 is 2.20 bits per heavy atom. The van der Waals surface area contributed by atoms with Crippen molar-refractivity contribution in [2.24, 2.45) is 0 Å². The van der Waals surface area contributed by atoms with Gasteiger partial charge in [-0.2, -0.15) is 0 Å². The zero-order valence-corrected chi connectivity index (χ0v) is 10.2. The second kappa shape index (κ2) is 5.91. The Morgan fingerprint density at radius 1 is 1.40 bits per heavy atom. The molecule has 2 aromatic heterocycles. The molecule has 0 aliphatic rings. The average molecular weight is 278 g/mol. The second-order valence-electron chi connectivity index (χ2n) is 4.01. The van der Waals surface area contributed by atoms with Gasteiger partial charge < -0.3 is 15.4 Å². The summed E-state index contributed by atoms with van der Waals surface area (Å²) in [6.45, 7) is 0. The van der Waals surface area contributed by atoms with E-state index in [1.54, 1.807) is 0 Å². The number of hydrogen-bond donors (Lipinski definition) is 3. The van der Waals surface area contributed by atoms with Crippen LogP contribution in [0.4, 0.5) is 4.39 Å². The van der Waals surface area contributed by atoms with Crippen LogP contribution >= 0.6 is 0 Å². The van der Waals surface area contributed by atoms with Gasteiger partial charge in [-0.25, -0.2) is 19.2 Å². The number of hydrogen-bond acceptors (Lipinski definition) is 4. The molecule has 20 heavy (non-hydrogen) atoms. The van der Waals surface area contributed by atoms with Gasteiger partial charge in [-0.1, -0.05) is 0 Å². The molecule has 7 nitrogen and oxygen atoms in total. The van der Waals surface area contributed by atoms with E-state index < -0.39 is 23.7 Å². The van der Waals surface area contributed by atoms with Crippen molar-refractivity contribution in [2.45, 2.75) is 12.5 Å². The van der Waals surface area contributed by atoms with Crippen LogP contribution in [0.15, 0.2) is 30.9 Å². The van der Waals surface area contributed by atoms with Gasteiger partial charge in [-0.05, 0) is 12.1 Å². The van der Waals surface area contributed by atoms with Crippen molar-refractivity contribution in [3.05, 3.63) is 48.1 Å². The molecule has 0 bridgehead atoms. The normalized spacial score (nSPS) is 11.8. The van der Waals surface area contributed by atoms with Crippen LogP contribution < -0.4 is 5.32 Å². The predicted molar refractivity (Wildman–Crippen MR) is 65.4 cm³/mol. The third-order valence-corrected chi connectivity index (χ3v) is 2.54. The van der Waals surface area contributed by atoms with E-state index in [2.05, 4.69) is 20.3 Å². The van der Waals surface area contributed by atoms with Gasteiger partial charge in [-0.3, -0.25) is 4.79 Å². The highest BCUT2D eigenvalue weighted by atomic mass is 19.1. The number of aromatic amines is 1. The van der Waals surface area contributed by atoms with Crippen LogP contribution in [0.25, 0.3) is 0 Å². The van der Waals surface area contributed by atoms with Crippen molar-refractivity contribution in [3.63, 3.8) is 0 Å². The molecular formula is C12H11FN4O3. The Bertz CT molecular complexity index is 598. The summed E-state index contributed by atoms with van der Waals surface area (Å²) in [6, 6.07) is 1.13. The van der Waals surface area contributed by atoms with Gasteiger partial charge in [0.1, 0.15) is 17.6 Å². The first kappa shape index (κ1) is 13.7. The lowest BCUT2D eigenvalue weighted by atomic mass is 10.1. The van der Waals surface area contributed by atoms with Crippen molar-refractivity contribution in [1.82, 2.24) is 20.3 Å². The lowest BCUT2D eigenvalue weighted by Gasteiger charge is -2.13. The molecule has 3 N–H and O–H groups in total. The summed E-state index contributed by atoms with van der Waals surface area (Å²) < 4.78 is 12.7. The van der Waals surface area contributed by atoms with Gasteiger partial charge in [0.2, 0.25) is 0 Å². The molecule has 0 aromatic carbocycles. The zero-order valence-electron chi connectivity index (χ0n) is 10.2.